The number of unbranched alkanes of at least 4 members (excludes halogenated alkanes) is 1. The Labute approximate surface area is 124 Å². The van der Waals surface area contributed by atoms with Gasteiger partial charge < -0.3 is 0 Å². The Morgan fingerprint density at radius 1 is 1.00 bits per heavy atom. The second kappa shape index (κ2) is 6.61. The van der Waals surface area contributed by atoms with E-state index in [1.54, 1.807) is 5.56 Å². The SMILES string of the molecule is CCCCC1CCC2=C(CCCC2)C1c1ccccc1. The molecule has 0 bridgehead atoms. The molecule has 0 saturated carbocycles. The number of allylic oxidation sites excluding steroid dienone is 2. The van der Waals surface area contributed by atoms with Gasteiger partial charge in [0, 0.05) is 5.92 Å². The van der Waals surface area contributed by atoms with Crippen LogP contribution in [-0.4, -0.2) is 0 Å². The molecule has 0 heteroatoms. The number of hydrogen-bond donors (Lipinski definition) is 0. The summed E-state index contributed by atoms with van der Waals surface area (Å²) in [5, 5.41) is 0. The lowest BCUT2D eigenvalue weighted by molar-refractivity contribution is 0.347. The molecule has 2 atom stereocenters. The first-order valence-electron chi connectivity index (χ1n) is 8.66. The van der Waals surface area contributed by atoms with Crippen molar-refractivity contribution in [1.82, 2.24) is 0 Å². The van der Waals surface area contributed by atoms with Crippen LogP contribution in [0.25, 0.3) is 0 Å². The van der Waals surface area contributed by atoms with Gasteiger partial charge >= 0.3 is 0 Å². The van der Waals surface area contributed by atoms with Crippen LogP contribution in [-0.2, 0) is 0 Å². The van der Waals surface area contributed by atoms with E-state index < -0.39 is 0 Å². The van der Waals surface area contributed by atoms with Gasteiger partial charge in [-0.15, -0.1) is 0 Å². The van der Waals surface area contributed by atoms with Crippen LogP contribution >= 0.6 is 0 Å². The summed E-state index contributed by atoms with van der Waals surface area (Å²) < 4.78 is 0. The summed E-state index contributed by atoms with van der Waals surface area (Å²) in [6.07, 6.45) is 12.6. The summed E-state index contributed by atoms with van der Waals surface area (Å²) >= 11 is 0. The zero-order valence-corrected chi connectivity index (χ0v) is 12.9. The van der Waals surface area contributed by atoms with E-state index in [-0.39, 0.29) is 0 Å². The summed E-state index contributed by atoms with van der Waals surface area (Å²) in [6.45, 7) is 2.33. The Kier molecular flexibility index (Phi) is 4.60. The fourth-order valence-electron chi connectivity index (χ4n) is 4.37. The summed E-state index contributed by atoms with van der Waals surface area (Å²) in [7, 11) is 0. The summed E-state index contributed by atoms with van der Waals surface area (Å²) in [4.78, 5) is 0. The first-order valence-corrected chi connectivity index (χ1v) is 8.66. The average Bonchev–Trinajstić information content (AvgIpc) is 2.53. The molecular weight excluding hydrogens is 240 g/mol. The maximum Gasteiger partial charge on any atom is 0.00792 e. The van der Waals surface area contributed by atoms with E-state index in [0.717, 1.165) is 11.8 Å². The minimum absolute atomic E-state index is 0.742. The predicted octanol–water partition coefficient (Wildman–Crippen LogP) is 6.24. The molecule has 0 aromatic heterocycles. The van der Waals surface area contributed by atoms with Gasteiger partial charge in [0.05, 0.1) is 0 Å². The molecular formula is C20H28. The standard InChI is InChI=1S/C20H28/c1-2-3-9-18-15-14-16-10-7-8-13-19(16)20(18)17-11-5-4-6-12-17/h4-6,11-12,18,20H,2-3,7-10,13-15H2,1H3. The number of rotatable bonds is 4. The van der Waals surface area contributed by atoms with Crippen molar-refractivity contribution in [1.29, 1.82) is 0 Å². The van der Waals surface area contributed by atoms with Crippen molar-refractivity contribution >= 4 is 0 Å². The maximum atomic E-state index is 2.37. The molecule has 0 radical (unpaired) electrons. The molecule has 0 aliphatic heterocycles. The van der Waals surface area contributed by atoms with Gasteiger partial charge in [0.25, 0.3) is 0 Å². The van der Waals surface area contributed by atoms with Crippen LogP contribution in [0.5, 0.6) is 0 Å². The van der Waals surface area contributed by atoms with Gasteiger partial charge in [-0.3, -0.25) is 0 Å². The van der Waals surface area contributed by atoms with Crippen LogP contribution in [0.4, 0.5) is 0 Å². The smallest absolute Gasteiger partial charge is 0.00792 e. The third kappa shape index (κ3) is 2.85. The lowest BCUT2D eigenvalue weighted by Gasteiger charge is -2.38. The highest BCUT2D eigenvalue weighted by Crippen LogP contribution is 2.48. The molecule has 108 valence electrons. The molecule has 2 aliphatic rings. The highest BCUT2D eigenvalue weighted by atomic mass is 14.4. The Balaban J connectivity index is 1.92. The zero-order valence-electron chi connectivity index (χ0n) is 12.9. The normalized spacial score (nSPS) is 26.4. The quantitative estimate of drug-likeness (QED) is 0.567. The lowest BCUT2D eigenvalue weighted by atomic mass is 9.66. The van der Waals surface area contributed by atoms with Crippen LogP contribution in [0.2, 0.25) is 0 Å². The van der Waals surface area contributed by atoms with Crippen molar-refractivity contribution in [2.45, 2.75) is 70.6 Å². The maximum absolute atomic E-state index is 2.37. The monoisotopic (exact) mass is 268 g/mol. The fraction of sp³-hybridized carbons (Fsp3) is 0.600. The van der Waals surface area contributed by atoms with Crippen molar-refractivity contribution in [2.24, 2.45) is 5.92 Å². The molecule has 0 spiro atoms. The van der Waals surface area contributed by atoms with Gasteiger partial charge in [-0.2, -0.15) is 0 Å². The van der Waals surface area contributed by atoms with Gasteiger partial charge in [0.15, 0.2) is 0 Å². The summed E-state index contributed by atoms with van der Waals surface area (Å²) in [6, 6.07) is 11.3. The van der Waals surface area contributed by atoms with Gasteiger partial charge in [0.2, 0.25) is 0 Å². The first-order chi connectivity index (χ1) is 9.90. The third-order valence-electron chi connectivity index (χ3n) is 5.38. The number of benzene rings is 1. The predicted molar refractivity (Wildman–Crippen MR) is 86.9 cm³/mol. The Bertz CT molecular complexity index is 454. The molecule has 1 aromatic rings. The first kappa shape index (κ1) is 13.9. The van der Waals surface area contributed by atoms with Crippen LogP contribution in [0.1, 0.15) is 76.2 Å². The van der Waals surface area contributed by atoms with Crippen LogP contribution in [0.3, 0.4) is 0 Å². The highest BCUT2D eigenvalue weighted by molar-refractivity contribution is 5.36. The van der Waals surface area contributed by atoms with Gasteiger partial charge in [-0.05, 0) is 56.4 Å². The van der Waals surface area contributed by atoms with Crippen LogP contribution in [0.15, 0.2) is 41.5 Å². The fourth-order valence-corrected chi connectivity index (χ4v) is 4.37. The highest BCUT2D eigenvalue weighted by Gasteiger charge is 2.32. The lowest BCUT2D eigenvalue weighted by Crippen LogP contribution is -2.23. The number of hydrogen-bond acceptors (Lipinski definition) is 0. The molecule has 0 N–H and O–H groups in total. The summed E-state index contributed by atoms with van der Waals surface area (Å²) in [5.41, 5.74) is 5.26. The largest absolute Gasteiger partial charge is 0.0704 e. The van der Waals surface area contributed by atoms with E-state index in [2.05, 4.69) is 37.3 Å². The van der Waals surface area contributed by atoms with Crippen LogP contribution < -0.4 is 0 Å². The van der Waals surface area contributed by atoms with E-state index in [0.29, 0.717) is 0 Å². The second-order valence-electron chi connectivity index (χ2n) is 6.67. The van der Waals surface area contributed by atoms with Crippen molar-refractivity contribution in [3.63, 3.8) is 0 Å². The third-order valence-corrected chi connectivity index (χ3v) is 5.38. The minimum atomic E-state index is 0.742. The van der Waals surface area contributed by atoms with E-state index in [9.17, 15) is 0 Å². The van der Waals surface area contributed by atoms with Crippen LogP contribution in [0, 0.1) is 5.92 Å². The molecule has 3 rings (SSSR count). The Morgan fingerprint density at radius 2 is 1.80 bits per heavy atom. The van der Waals surface area contributed by atoms with E-state index >= 15 is 0 Å². The zero-order chi connectivity index (χ0) is 13.8. The van der Waals surface area contributed by atoms with Gasteiger partial charge in [-0.25, -0.2) is 0 Å². The molecule has 1 aromatic carbocycles. The van der Waals surface area contributed by atoms with E-state index in [4.69, 9.17) is 0 Å². The van der Waals surface area contributed by atoms with Crippen molar-refractivity contribution in [3.05, 3.63) is 47.0 Å². The molecule has 0 fully saturated rings. The van der Waals surface area contributed by atoms with Gasteiger partial charge in [-0.1, -0.05) is 61.2 Å². The Hall–Kier alpha value is -1.04. The molecule has 20 heavy (non-hydrogen) atoms. The average molecular weight is 268 g/mol. The molecule has 0 saturated heterocycles. The minimum Gasteiger partial charge on any atom is -0.0704 e. The Morgan fingerprint density at radius 3 is 2.60 bits per heavy atom. The summed E-state index contributed by atoms with van der Waals surface area (Å²) in [5.74, 6) is 1.64. The van der Waals surface area contributed by atoms with Crippen molar-refractivity contribution in [3.8, 4) is 0 Å². The van der Waals surface area contributed by atoms with Crippen molar-refractivity contribution in [2.75, 3.05) is 0 Å². The van der Waals surface area contributed by atoms with E-state index in [1.807, 2.05) is 11.1 Å². The van der Waals surface area contributed by atoms with Crippen molar-refractivity contribution < 1.29 is 0 Å². The molecule has 0 amide bonds. The molecule has 0 heterocycles. The molecule has 0 nitrogen and oxygen atoms in total. The topological polar surface area (TPSA) is 0 Å². The molecule has 2 unspecified atom stereocenters. The molecule has 2 aliphatic carbocycles. The van der Waals surface area contributed by atoms with Gasteiger partial charge in [0.1, 0.15) is 0 Å². The van der Waals surface area contributed by atoms with E-state index in [1.165, 1.54) is 57.8 Å². The second-order valence-corrected chi connectivity index (χ2v) is 6.67.